The molecule has 2 heterocycles. The number of fused-ring (bicyclic) bond motifs is 1. The summed E-state index contributed by atoms with van der Waals surface area (Å²) in [7, 11) is 0. The molecule has 1 unspecified atom stereocenters. The second kappa shape index (κ2) is 7.55. The summed E-state index contributed by atoms with van der Waals surface area (Å²) in [6.45, 7) is 6.35. The maximum Gasteiger partial charge on any atom is 0.337 e. The molecule has 1 saturated carbocycles. The van der Waals surface area contributed by atoms with Crippen LogP contribution in [0.4, 0.5) is 20.4 Å². The molecular weight excluding hydrogens is 442 g/mol. The van der Waals surface area contributed by atoms with Crippen LogP contribution in [-0.2, 0) is 0 Å². The Morgan fingerprint density at radius 3 is 2.50 bits per heavy atom. The number of carboxylic acid groups (broad SMARTS) is 1. The van der Waals surface area contributed by atoms with Crippen LogP contribution in [0.5, 0.6) is 0 Å². The van der Waals surface area contributed by atoms with Gasteiger partial charge in [-0.25, -0.2) is 13.6 Å². The van der Waals surface area contributed by atoms with Crippen molar-refractivity contribution in [1.29, 1.82) is 0 Å². The third-order valence-electron chi connectivity index (χ3n) is 6.97. The first-order valence-electron chi connectivity index (χ1n) is 11.3. The van der Waals surface area contributed by atoms with Gasteiger partial charge in [-0.05, 0) is 44.5 Å². The largest absolute Gasteiger partial charge is 0.478 e. The molecule has 178 valence electrons. The number of nitrogens with zero attached hydrogens (tertiary/aromatic N) is 1. The lowest BCUT2D eigenvalue weighted by Crippen LogP contribution is -2.66. The lowest BCUT2D eigenvalue weighted by atomic mass is 9.61. The van der Waals surface area contributed by atoms with Gasteiger partial charge in [0, 0.05) is 42.6 Å². The normalized spacial score (nSPS) is 18.9. The summed E-state index contributed by atoms with van der Waals surface area (Å²) >= 11 is 0. The van der Waals surface area contributed by atoms with Crippen molar-refractivity contribution in [3.05, 3.63) is 68.9 Å². The van der Waals surface area contributed by atoms with Crippen molar-refractivity contribution in [2.24, 2.45) is 5.41 Å². The number of anilines is 2. The van der Waals surface area contributed by atoms with Crippen LogP contribution in [0.15, 0.2) is 45.6 Å². The van der Waals surface area contributed by atoms with E-state index in [0.717, 1.165) is 11.1 Å². The predicted octanol–water partition coefficient (Wildman–Crippen LogP) is 5.52. The number of aryl methyl sites for hydroxylation is 1. The summed E-state index contributed by atoms with van der Waals surface area (Å²) in [6, 6.07) is 9.96. The molecule has 1 aromatic heterocycles. The highest BCUT2D eigenvalue weighted by atomic mass is 19.3. The number of nitrogens with one attached hydrogen (secondary N) is 1. The molecule has 1 saturated heterocycles. The zero-order valence-corrected chi connectivity index (χ0v) is 19.2. The topological polar surface area (TPSA) is 82.8 Å². The molecule has 1 atom stereocenters. The molecule has 5 rings (SSSR count). The van der Waals surface area contributed by atoms with Crippen LogP contribution in [-0.4, -0.2) is 30.1 Å². The Bertz CT molecular complexity index is 1370. The molecule has 1 aliphatic carbocycles. The molecular formula is C26H26F2N2O4. The Morgan fingerprint density at radius 2 is 1.85 bits per heavy atom. The SMILES string of the molecule is Cc1cc(C(C)Nc2ccccc2C(=O)O)c2oc(N3CC4(C3)CC(F)(F)C4)c(C)c(=O)c2c1. The Kier molecular flexibility index (Phi) is 4.97. The monoisotopic (exact) mass is 468 g/mol. The van der Waals surface area contributed by atoms with E-state index < -0.39 is 17.3 Å². The van der Waals surface area contributed by atoms with Crippen molar-refractivity contribution in [1.82, 2.24) is 0 Å². The first-order chi connectivity index (χ1) is 16.0. The molecule has 1 spiro atoms. The number of hydrogen-bond donors (Lipinski definition) is 2. The van der Waals surface area contributed by atoms with Crippen LogP contribution >= 0.6 is 0 Å². The second-order valence-corrected chi connectivity index (χ2v) is 9.87. The predicted molar refractivity (Wildman–Crippen MR) is 126 cm³/mol. The van der Waals surface area contributed by atoms with Gasteiger partial charge >= 0.3 is 5.97 Å². The van der Waals surface area contributed by atoms with Gasteiger partial charge in [-0.15, -0.1) is 0 Å². The molecule has 6 nitrogen and oxygen atoms in total. The van der Waals surface area contributed by atoms with E-state index in [-0.39, 0.29) is 29.9 Å². The highest BCUT2D eigenvalue weighted by Crippen LogP contribution is 2.57. The van der Waals surface area contributed by atoms with E-state index in [1.807, 2.05) is 24.8 Å². The van der Waals surface area contributed by atoms with Gasteiger partial charge in [0.1, 0.15) is 5.58 Å². The van der Waals surface area contributed by atoms with E-state index in [1.165, 1.54) is 6.07 Å². The van der Waals surface area contributed by atoms with Crippen molar-refractivity contribution < 1.29 is 23.1 Å². The zero-order chi connectivity index (χ0) is 24.4. The summed E-state index contributed by atoms with van der Waals surface area (Å²) < 4.78 is 33.2. The van der Waals surface area contributed by atoms with Gasteiger partial charge in [0.15, 0.2) is 5.43 Å². The van der Waals surface area contributed by atoms with Crippen LogP contribution in [0.25, 0.3) is 11.0 Å². The lowest BCUT2D eigenvalue weighted by Gasteiger charge is -2.58. The molecule has 1 aliphatic heterocycles. The third-order valence-corrected chi connectivity index (χ3v) is 6.97. The minimum absolute atomic E-state index is 0.123. The Balaban J connectivity index is 1.53. The highest BCUT2D eigenvalue weighted by Gasteiger charge is 2.62. The number of carboxylic acids is 1. The van der Waals surface area contributed by atoms with Crippen LogP contribution in [0.2, 0.25) is 0 Å². The van der Waals surface area contributed by atoms with Gasteiger partial charge in [-0.2, -0.15) is 0 Å². The van der Waals surface area contributed by atoms with Crippen molar-refractivity contribution in [3.63, 3.8) is 0 Å². The fraction of sp³-hybridized carbons (Fsp3) is 0.385. The maximum atomic E-state index is 13.4. The molecule has 0 amide bonds. The van der Waals surface area contributed by atoms with Gasteiger partial charge in [0.2, 0.25) is 11.8 Å². The average Bonchev–Trinajstić information content (AvgIpc) is 2.73. The molecule has 2 fully saturated rings. The summed E-state index contributed by atoms with van der Waals surface area (Å²) in [4.78, 5) is 26.8. The number of halogens is 2. The molecule has 0 bridgehead atoms. The fourth-order valence-electron chi connectivity index (χ4n) is 5.46. The number of carbonyl (C=O) groups is 1. The molecule has 2 aliphatic rings. The van der Waals surface area contributed by atoms with E-state index in [0.29, 0.717) is 41.2 Å². The smallest absolute Gasteiger partial charge is 0.337 e. The zero-order valence-electron chi connectivity index (χ0n) is 19.2. The standard InChI is InChI=1S/C26H26F2N2O4/c1-14-8-18(16(3)29-20-7-5-4-6-17(20)24(32)33)22-19(9-14)21(31)15(2)23(34-22)30-12-25(13-30)10-26(27,28)11-25/h4-9,16,29H,10-13H2,1-3H3,(H,32,33). The summed E-state index contributed by atoms with van der Waals surface area (Å²) in [5, 5.41) is 13.2. The van der Waals surface area contributed by atoms with E-state index in [9.17, 15) is 23.5 Å². The molecule has 8 heteroatoms. The van der Waals surface area contributed by atoms with Crippen LogP contribution in [0, 0.1) is 19.3 Å². The summed E-state index contributed by atoms with van der Waals surface area (Å²) in [5.74, 6) is -3.22. The van der Waals surface area contributed by atoms with Crippen molar-refractivity contribution in [2.45, 2.75) is 45.6 Å². The molecule has 2 N–H and O–H groups in total. The minimum Gasteiger partial charge on any atom is -0.478 e. The summed E-state index contributed by atoms with van der Waals surface area (Å²) in [5.41, 5.74) is 2.54. The van der Waals surface area contributed by atoms with Gasteiger partial charge < -0.3 is 19.7 Å². The number of aromatic carboxylic acids is 1. The highest BCUT2D eigenvalue weighted by molar-refractivity contribution is 5.94. The number of alkyl halides is 2. The number of para-hydroxylation sites is 1. The van der Waals surface area contributed by atoms with Gasteiger partial charge in [0.25, 0.3) is 0 Å². The van der Waals surface area contributed by atoms with Crippen molar-refractivity contribution >= 4 is 28.5 Å². The maximum absolute atomic E-state index is 13.4. The van der Waals surface area contributed by atoms with Crippen molar-refractivity contribution in [3.8, 4) is 0 Å². The number of benzene rings is 2. The fourth-order valence-corrected chi connectivity index (χ4v) is 5.46. The number of hydrogen-bond acceptors (Lipinski definition) is 5. The van der Waals surface area contributed by atoms with Gasteiger partial charge in [-0.3, -0.25) is 4.79 Å². The van der Waals surface area contributed by atoms with Crippen LogP contribution in [0.3, 0.4) is 0 Å². The van der Waals surface area contributed by atoms with E-state index >= 15 is 0 Å². The van der Waals surface area contributed by atoms with E-state index in [4.69, 9.17) is 4.42 Å². The Morgan fingerprint density at radius 1 is 1.18 bits per heavy atom. The minimum atomic E-state index is -2.59. The quantitative estimate of drug-likeness (QED) is 0.513. The lowest BCUT2D eigenvalue weighted by molar-refractivity contribution is -0.170. The first kappa shape index (κ1) is 22.4. The van der Waals surface area contributed by atoms with Crippen LogP contribution < -0.4 is 15.6 Å². The van der Waals surface area contributed by atoms with Gasteiger partial charge in [0.05, 0.1) is 22.6 Å². The number of rotatable bonds is 5. The summed E-state index contributed by atoms with van der Waals surface area (Å²) in [6.07, 6.45) is -0.247. The van der Waals surface area contributed by atoms with E-state index in [1.54, 1.807) is 31.2 Å². The average molecular weight is 469 g/mol. The Hall–Kier alpha value is -3.42. The van der Waals surface area contributed by atoms with Crippen LogP contribution in [0.1, 0.15) is 52.9 Å². The van der Waals surface area contributed by atoms with Crippen molar-refractivity contribution in [2.75, 3.05) is 23.3 Å². The molecule has 34 heavy (non-hydrogen) atoms. The van der Waals surface area contributed by atoms with E-state index in [2.05, 4.69) is 5.32 Å². The Labute approximate surface area is 195 Å². The molecule has 2 aromatic carbocycles. The third kappa shape index (κ3) is 3.61. The molecule has 3 aromatic rings. The molecule has 0 radical (unpaired) electrons. The van der Waals surface area contributed by atoms with Gasteiger partial charge in [-0.1, -0.05) is 18.2 Å². The first-order valence-corrected chi connectivity index (χ1v) is 11.3. The second-order valence-electron chi connectivity index (χ2n) is 9.87.